The van der Waals surface area contributed by atoms with Gasteiger partial charge in [0, 0.05) is 18.9 Å². The molecule has 0 atom stereocenters. The van der Waals surface area contributed by atoms with Crippen LogP contribution in [0.5, 0.6) is 0 Å². The Morgan fingerprint density at radius 1 is 0.818 bits per heavy atom. The van der Waals surface area contributed by atoms with Crippen LogP contribution in [0.1, 0.15) is 26.7 Å². The summed E-state index contributed by atoms with van der Waals surface area (Å²) in [6.45, 7) is 4.34. The highest BCUT2D eigenvalue weighted by Crippen LogP contribution is 2.32. The van der Waals surface area contributed by atoms with E-state index in [9.17, 15) is 4.79 Å². The van der Waals surface area contributed by atoms with Gasteiger partial charge < -0.3 is 0 Å². The molecule has 2 heteroatoms. The second-order valence-electron chi connectivity index (χ2n) is 6.76. The van der Waals surface area contributed by atoms with Gasteiger partial charge in [-0.05, 0) is 29.7 Å². The summed E-state index contributed by atoms with van der Waals surface area (Å²) in [6.07, 6.45) is 3.41. The Labute approximate surface area is 132 Å². The third-order valence-electron chi connectivity index (χ3n) is 4.10. The summed E-state index contributed by atoms with van der Waals surface area (Å²) < 4.78 is 0. The Balaban J connectivity index is 2.09. The van der Waals surface area contributed by atoms with Crippen LogP contribution in [-0.2, 0) is 4.79 Å². The fourth-order valence-corrected chi connectivity index (χ4v) is 3.25. The molecule has 0 amide bonds. The molecular formula is C20H22NO+. The molecule has 0 unspecified atom stereocenters. The van der Waals surface area contributed by atoms with Crippen molar-refractivity contribution in [3.05, 3.63) is 72.4 Å². The van der Waals surface area contributed by atoms with Crippen LogP contribution in [0.4, 0.5) is 11.4 Å². The van der Waals surface area contributed by atoms with Gasteiger partial charge >= 0.3 is 0 Å². The molecule has 0 bridgehead atoms. The summed E-state index contributed by atoms with van der Waals surface area (Å²) >= 11 is 0. The molecular weight excluding hydrogens is 270 g/mol. The van der Waals surface area contributed by atoms with E-state index in [1.165, 1.54) is 16.3 Å². The second kappa shape index (κ2) is 5.90. The molecule has 2 aromatic rings. The van der Waals surface area contributed by atoms with Crippen LogP contribution in [-0.4, -0.2) is 5.78 Å². The first-order valence-corrected chi connectivity index (χ1v) is 7.77. The maximum Gasteiger partial charge on any atom is 0.161 e. The van der Waals surface area contributed by atoms with Crippen LogP contribution in [0.15, 0.2) is 72.4 Å². The number of quaternary nitrogens is 1. The summed E-state index contributed by atoms with van der Waals surface area (Å²) in [5.41, 5.74) is 3.52. The lowest BCUT2D eigenvalue weighted by Gasteiger charge is -2.31. The molecule has 0 heterocycles. The molecule has 0 aliphatic heterocycles. The third kappa shape index (κ3) is 3.18. The number of para-hydroxylation sites is 2. The van der Waals surface area contributed by atoms with Gasteiger partial charge in [-0.15, -0.1) is 0 Å². The average Bonchev–Trinajstić information content (AvgIpc) is 2.48. The number of allylic oxidation sites excluding steroid dienone is 2. The Kier molecular flexibility index (Phi) is 3.95. The fourth-order valence-electron chi connectivity index (χ4n) is 3.25. The number of carbonyl (C=O) groups is 1. The molecule has 0 saturated carbocycles. The van der Waals surface area contributed by atoms with E-state index in [-0.39, 0.29) is 11.2 Å². The zero-order chi connectivity index (χ0) is 15.6. The Morgan fingerprint density at radius 3 is 1.77 bits per heavy atom. The highest BCUT2D eigenvalue weighted by molar-refractivity contribution is 5.91. The standard InChI is InChI=1S/C20H21NO/c1-20(2)14-18(13-19(22)15-20)21(16-9-5-3-6-10-16)17-11-7-4-8-12-17/h3-13H,14-15H2,1-2H3/p+1. The summed E-state index contributed by atoms with van der Waals surface area (Å²) in [5.74, 6) is 0.232. The van der Waals surface area contributed by atoms with E-state index in [0.717, 1.165) is 12.1 Å². The summed E-state index contributed by atoms with van der Waals surface area (Å²) in [5, 5.41) is 0. The molecule has 1 aliphatic carbocycles. The van der Waals surface area contributed by atoms with Crippen molar-refractivity contribution in [3.63, 3.8) is 0 Å². The van der Waals surface area contributed by atoms with Gasteiger partial charge in [-0.25, -0.2) is 4.90 Å². The molecule has 22 heavy (non-hydrogen) atoms. The molecule has 0 fully saturated rings. The molecule has 0 spiro atoms. The van der Waals surface area contributed by atoms with Gasteiger partial charge in [0.1, 0.15) is 17.1 Å². The molecule has 0 radical (unpaired) electrons. The lowest BCUT2D eigenvalue weighted by molar-refractivity contribution is -0.717. The van der Waals surface area contributed by atoms with E-state index in [1.807, 2.05) is 18.2 Å². The fraction of sp³-hybridized carbons (Fsp3) is 0.250. The lowest BCUT2D eigenvalue weighted by Crippen LogP contribution is -3.00. The van der Waals surface area contributed by atoms with E-state index in [4.69, 9.17) is 0 Å². The van der Waals surface area contributed by atoms with E-state index < -0.39 is 0 Å². The van der Waals surface area contributed by atoms with Crippen molar-refractivity contribution >= 4 is 17.2 Å². The van der Waals surface area contributed by atoms with Crippen molar-refractivity contribution in [3.8, 4) is 0 Å². The maximum atomic E-state index is 12.2. The summed E-state index contributed by atoms with van der Waals surface area (Å²) in [6, 6.07) is 20.7. The highest BCUT2D eigenvalue weighted by Gasteiger charge is 2.34. The molecule has 1 N–H and O–H groups in total. The van der Waals surface area contributed by atoms with Crippen LogP contribution in [0, 0.1) is 5.41 Å². The zero-order valence-electron chi connectivity index (χ0n) is 13.2. The SMILES string of the molecule is CC1(C)CC(=O)C=C([NH+](c2ccccc2)c2ccccc2)C1. The minimum Gasteiger partial charge on any atom is -0.295 e. The molecule has 3 rings (SSSR count). The minimum absolute atomic E-state index is 0.0238. The molecule has 112 valence electrons. The molecule has 2 nitrogen and oxygen atoms in total. The van der Waals surface area contributed by atoms with E-state index in [1.54, 1.807) is 0 Å². The largest absolute Gasteiger partial charge is 0.295 e. The van der Waals surface area contributed by atoms with Crippen LogP contribution >= 0.6 is 0 Å². The second-order valence-corrected chi connectivity index (χ2v) is 6.76. The molecule has 1 aliphatic rings. The Bertz CT molecular complexity index is 647. The monoisotopic (exact) mass is 292 g/mol. The number of carbonyl (C=O) groups excluding carboxylic acids is 1. The van der Waals surface area contributed by atoms with Crippen LogP contribution in [0.25, 0.3) is 0 Å². The Hall–Kier alpha value is -2.19. The summed E-state index contributed by atoms with van der Waals surface area (Å²) in [4.78, 5) is 13.3. The van der Waals surface area contributed by atoms with Crippen molar-refractivity contribution in [1.82, 2.24) is 0 Å². The average molecular weight is 292 g/mol. The van der Waals surface area contributed by atoms with Crippen LogP contribution in [0.3, 0.4) is 0 Å². The normalized spacial score (nSPS) is 17.4. The smallest absolute Gasteiger partial charge is 0.161 e. The molecule has 2 aromatic carbocycles. The summed E-state index contributed by atoms with van der Waals surface area (Å²) in [7, 11) is 0. The topological polar surface area (TPSA) is 21.5 Å². The number of ketones is 1. The van der Waals surface area contributed by atoms with Gasteiger partial charge in [-0.2, -0.15) is 0 Å². The first kappa shape index (κ1) is 14.7. The van der Waals surface area contributed by atoms with Gasteiger partial charge in [0.2, 0.25) is 0 Å². The van der Waals surface area contributed by atoms with Crippen molar-refractivity contribution in [1.29, 1.82) is 0 Å². The maximum absolute atomic E-state index is 12.2. The van der Waals surface area contributed by atoms with E-state index in [2.05, 4.69) is 62.4 Å². The first-order chi connectivity index (χ1) is 10.6. The number of hydrogen-bond acceptors (Lipinski definition) is 1. The van der Waals surface area contributed by atoms with Gasteiger partial charge in [0.05, 0.1) is 0 Å². The number of rotatable bonds is 3. The third-order valence-corrected chi connectivity index (χ3v) is 4.10. The van der Waals surface area contributed by atoms with Gasteiger partial charge in [-0.1, -0.05) is 50.2 Å². The quantitative estimate of drug-likeness (QED) is 0.912. The zero-order valence-corrected chi connectivity index (χ0v) is 13.2. The van der Waals surface area contributed by atoms with E-state index in [0.29, 0.717) is 6.42 Å². The number of hydrogen-bond donors (Lipinski definition) is 1. The Morgan fingerprint density at radius 2 is 1.32 bits per heavy atom. The number of nitrogens with one attached hydrogen (secondary N) is 1. The van der Waals surface area contributed by atoms with Crippen molar-refractivity contribution in [2.24, 2.45) is 5.41 Å². The van der Waals surface area contributed by atoms with Gasteiger partial charge in [0.15, 0.2) is 5.78 Å². The molecule has 0 saturated heterocycles. The minimum atomic E-state index is 0.0238. The highest BCUT2D eigenvalue weighted by atomic mass is 16.1. The predicted molar refractivity (Wildman–Crippen MR) is 89.3 cm³/mol. The molecule has 0 aromatic heterocycles. The van der Waals surface area contributed by atoms with Crippen molar-refractivity contribution < 1.29 is 9.69 Å². The van der Waals surface area contributed by atoms with Crippen molar-refractivity contribution in [2.75, 3.05) is 0 Å². The van der Waals surface area contributed by atoms with Crippen molar-refractivity contribution in [2.45, 2.75) is 26.7 Å². The van der Waals surface area contributed by atoms with Gasteiger partial charge in [-0.3, -0.25) is 4.79 Å². The van der Waals surface area contributed by atoms with E-state index >= 15 is 0 Å². The predicted octanol–water partition coefficient (Wildman–Crippen LogP) is 3.81. The first-order valence-electron chi connectivity index (χ1n) is 7.77. The van der Waals surface area contributed by atoms with Crippen LogP contribution < -0.4 is 4.90 Å². The lowest BCUT2D eigenvalue weighted by atomic mass is 9.78. The van der Waals surface area contributed by atoms with Gasteiger partial charge in [0.25, 0.3) is 0 Å². The van der Waals surface area contributed by atoms with Crippen LogP contribution in [0.2, 0.25) is 0 Å². The number of benzene rings is 2.